The second-order valence-electron chi connectivity index (χ2n) is 14.9. The number of aryl methyl sites for hydroxylation is 1. The Labute approximate surface area is 325 Å². The van der Waals surface area contributed by atoms with Crippen molar-refractivity contribution < 1.29 is 33.2 Å². The van der Waals surface area contributed by atoms with Crippen LogP contribution in [0.25, 0.3) is 0 Å². The smallest absolute Gasteiger partial charge is 0.161 e. The zero-order chi connectivity index (χ0) is 38.8. The van der Waals surface area contributed by atoms with Crippen LogP contribution in [0.2, 0.25) is 0 Å². The molecule has 292 valence electrons. The molecule has 0 fully saturated rings. The molecule has 2 N–H and O–H groups in total. The standard InChI is InChI=1S/C24H29NO4.C21H26N2O3/c1-15(26)5-6-16-7-8-17-11-21-19-13-23(28-3)22(27-2)12-18(19)9-10-25(21)14-20(17)24(16)29-4;1-24-19-9-14-6-7-23-12-17-13(4-5-15(11-22)21(17)26-3)8-18(23)16(14)10-20(19)25-2/h7-8,12-13,21H,5-6,9-11,14H2,1-4H3;4-5,9-10,18H,6-8,11-12,22H2,1-3H3/t21-;18-/m00/s1. The van der Waals surface area contributed by atoms with Crippen LogP contribution >= 0.6 is 0 Å². The van der Waals surface area contributed by atoms with Gasteiger partial charge < -0.3 is 38.9 Å². The van der Waals surface area contributed by atoms with Crippen LogP contribution in [0.5, 0.6) is 34.5 Å². The first kappa shape index (κ1) is 38.5. The van der Waals surface area contributed by atoms with Crippen LogP contribution in [-0.4, -0.2) is 71.3 Å². The van der Waals surface area contributed by atoms with E-state index in [4.69, 9.17) is 34.2 Å². The first-order valence-electron chi connectivity index (χ1n) is 19.3. The van der Waals surface area contributed by atoms with Gasteiger partial charge in [0.2, 0.25) is 0 Å². The molecule has 0 unspecified atom stereocenters. The Morgan fingerprint density at radius 3 is 1.47 bits per heavy atom. The highest BCUT2D eigenvalue weighted by atomic mass is 16.5. The largest absolute Gasteiger partial charge is 0.496 e. The number of hydrogen-bond acceptors (Lipinski definition) is 10. The average Bonchev–Trinajstić information content (AvgIpc) is 3.22. The van der Waals surface area contributed by atoms with Crippen LogP contribution in [0.1, 0.15) is 81.1 Å². The minimum Gasteiger partial charge on any atom is -0.496 e. The average molecular weight is 750 g/mol. The predicted molar refractivity (Wildman–Crippen MR) is 213 cm³/mol. The second kappa shape index (κ2) is 16.5. The fourth-order valence-corrected chi connectivity index (χ4v) is 9.18. The minimum atomic E-state index is 0.210. The fraction of sp³-hybridized carbons (Fsp3) is 0.444. The number of nitrogens with two attached hydrogens (primary N) is 1. The van der Waals surface area contributed by atoms with Gasteiger partial charge in [-0.3, -0.25) is 9.80 Å². The van der Waals surface area contributed by atoms with Crippen molar-refractivity contribution in [2.45, 2.75) is 77.2 Å². The molecule has 0 radical (unpaired) electrons. The highest BCUT2D eigenvalue weighted by Gasteiger charge is 2.36. The van der Waals surface area contributed by atoms with Crippen LogP contribution in [0.4, 0.5) is 0 Å². The van der Waals surface area contributed by atoms with E-state index >= 15 is 0 Å². The van der Waals surface area contributed by atoms with Crippen molar-refractivity contribution in [3.63, 3.8) is 0 Å². The molecule has 2 atom stereocenters. The first-order valence-corrected chi connectivity index (χ1v) is 19.3. The monoisotopic (exact) mass is 749 g/mol. The van der Waals surface area contributed by atoms with Gasteiger partial charge in [-0.1, -0.05) is 24.3 Å². The number of rotatable bonds is 10. The number of methoxy groups -OCH3 is 6. The molecule has 4 aromatic carbocycles. The molecule has 0 saturated heterocycles. The minimum absolute atomic E-state index is 0.210. The second-order valence-corrected chi connectivity index (χ2v) is 14.9. The van der Waals surface area contributed by atoms with E-state index in [-0.39, 0.29) is 5.78 Å². The molecule has 4 heterocycles. The molecule has 0 bridgehead atoms. The number of fused-ring (bicyclic) bond motifs is 8. The van der Waals surface area contributed by atoms with E-state index in [1.165, 1.54) is 44.5 Å². The third kappa shape index (κ3) is 7.35. The number of carbonyl (C=O) groups excluding carboxylic acids is 1. The topological polar surface area (TPSA) is 105 Å². The number of ether oxygens (including phenoxy) is 6. The molecule has 8 rings (SSSR count). The predicted octanol–water partition coefficient (Wildman–Crippen LogP) is 6.72. The summed E-state index contributed by atoms with van der Waals surface area (Å²) in [6, 6.07) is 17.9. The molecule has 4 aliphatic rings. The van der Waals surface area contributed by atoms with Gasteiger partial charge in [0.1, 0.15) is 17.3 Å². The molecule has 0 spiro atoms. The van der Waals surface area contributed by atoms with Crippen molar-refractivity contribution in [1.29, 1.82) is 0 Å². The van der Waals surface area contributed by atoms with Crippen molar-refractivity contribution in [2.24, 2.45) is 5.73 Å². The molecule has 4 aromatic rings. The Bertz CT molecular complexity index is 2060. The van der Waals surface area contributed by atoms with Crippen molar-refractivity contribution in [1.82, 2.24) is 9.80 Å². The van der Waals surface area contributed by atoms with Crippen molar-refractivity contribution in [2.75, 3.05) is 55.7 Å². The van der Waals surface area contributed by atoms with E-state index in [1.807, 2.05) is 0 Å². The summed E-state index contributed by atoms with van der Waals surface area (Å²) in [5.41, 5.74) is 18.7. The van der Waals surface area contributed by atoms with Gasteiger partial charge in [-0.25, -0.2) is 0 Å². The molecule has 0 aliphatic carbocycles. The number of carbonyl (C=O) groups is 1. The Hall–Kier alpha value is -4.77. The van der Waals surface area contributed by atoms with Gasteiger partial charge in [-0.15, -0.1) is 0 Å². The van der Waals surface area contributed by atoms with Gasteiger partial charge in [0.25, 0.3) is 0 Å². The highest BCUT2D eigenvalue weighted by molar-refractivity contribution is 5.76. The molecule has 55 heavy (non-hydrogen) atoms. The van der Waals surface area contributed by atoms with Gasteiger partial charge in [0.15, 0.2) is 23.0 Å². The van der Waals surface area contributed by atoms with Crippen LogP contribution < -0.4 is 34.2 Å². The maximum absolute atomic E-state index is 11.4. The summed E-state index contributed by atoms with van der Waals surface area (Å²) in [5, 5.41) is 0. The SMILES string of the molecule is COc1cc2c(cc1OC)[C@@H]1Cc3ccc(CCC(C)=O)c(OC)c3CN1CC2.COc1cc2c(cc1OC)[C@@H]1Cc3ccc(CN)c(OC)c3CN1CC2. The molecule has 0 amide bonds. The van der Waals surface area contributed by atoms with Crippen LogP contribution in [0.3, 0.4) is 0 Å². The van der Waals surface area contributed by atoms with Crippen molar-refractivity contribution in [3.05, 3.63) is 104 Å². The number of ketones is 1. The van der Waals surface area contributed by atoms with Crippen LogP contribution in [0, 0.1) is 0 Å². The summed E-state index contributed by atoms with van der Waals surface area (Å²) in [5.74, 6) is 5.33. The van der Waals surface area contributed by atoms with Gasteiger partial charge in [0.05, 0.1) is 42.7 Å². The van der Waals surface area contributed by atoms with E-state index < -0.39 is 0 Å². The highest BCUT2D eigenvalue weighted by Crippen LogP contribution is 2.46. The number of nitrogens with zero attached hydrogens (tertiary/aromatic N) is 2. The summed E-state index contributed by atoms with van der Waals surface area (Å²) in [4.78, 5) is 16.5. The van der Waals surface area contributed by atoms with Gasteiger partial charge in [-0.2, -0.15) is 0 Å². The van der Waals surface area contributed by atoms with E-state index in [0.29, 0.717) is 25.0 Å². The third-order valence-corrected chi connectivity index (χ3v) is 12.0. The molecule has 10 nitrogen and oxygen atoms in total. The summed E-state index contributed by atoms with van der Waals surface area (Å²) in [7, 11) is 10.2. The number of benzene rings is 4. The Morgan fingerprint density at radius 2 is 1.05 bits per heavy atom. The Balaban J connectivity index is 0.000000170. The van der Waals surface area contributed by atoms with E-state index in [0.717, 1.165) is 104 Å². The van der Waals surface area contributed by atoms with Crippen LogP contribution in [0.15, 0.2) is 48.5 Å². The normalized spacial score (nSPS) is 18.1. The van der Waals surface area contributed by atoms with E-state index in [2.05, 4.69) is 58.3 Å². The maximum Gasteiger partial charge on any atom is 0.161 e. The Morgan fingerprint density at radius 1 is 0.618 bits per heavy atom. The zero-order valence-corrected chi connectivity index (χ0v) is 33.4. The molecule has 4 aliphatic heterocycles. The molecule has 10 heteroatoms. The van der Waals surface area contributed by atoms with Crippen LogP contribution in [-0.2, 0) is 56.5 Å². The van der Waals surface area contributed by atoms with E-state index in [9.17, 15) is 4.79 Å². The lowest BCUT2D eigenvalue weighted by Gasteiger charge is -2.42. The Kier molecular flexibility index (Phi) is 11.6. The lowest BCUT2D eigenvalue weighted by Crippen LogP contribution is -2.39. The van der Waals surface area contributed by atoms with E-state index in [1.54, 1.807) is 49.6 Å². The van der Waals surface area contributed by atoms with Gasteiger partial charge in [0, 0.05) is 67.9 Å². The zero-order valence-electron chi connectivity index (χ0n) is 33.4. The summed E-state index contributed by atoms with van der Waals surface area (Å²) >= 11 is 0. The van der Waals surface area contributed by atoms with Gasteiger partial charge in [-0.05, 0) is 102 Å². The maximum atomic E-state index is 11.4. The quantitative estimate of drug-likeness (QED) is 0.188. The molecular weight excluding hydrogens is 695 g/mol. The molecular formula is C45H55N3O7. The summed E-state index contributed by atoms with van der Waals surface area (Å²) in [6.45, 7) is 5.94. The van der Waals surface area contributed by atoms with Gasteiger partial charge >= 0.3 is 0 Å². The summed E-state index contributed by atoms with van der Waals surface area (Å²) < 4.78 is 33.6. The fourth-order valence-electron chi connectivity index (χ4n) is 9.18. The lowest BCUT2D eigenvalue weighted by molar-refractivity contribution is -0.116. The van der Waals surface area contributed by atoms with Crippen molar-refractivity contribution >= 4 is 5.78 Å². The molecule has 0 aromatic heterocycles. The lowest BCUT2D eigenvalue weighted by atomic mass is 9.82. The number of hydrogen-bond donors (Lipinski definition) is 1. The number of Topliss-reactive ketones (excluding diaryl/α,β-unsaturated/α-hetero) is 1. The van der Waals surface area contributed by atoms with Crippen molar-refractivity contribution in [3.8, 4) is 34.5 Å². The first-order chi connectivity index (χ1) is 26.7. The third-order valence-electron chi connectivity index (χ3n) is 12.0. The molecule has 0 saturated carbocycles. The summed E-state index contributed by atoms with van der Waals surface area (Å²) in [6.07, 6.45) is 5.21.